The number of benzene rings is 1. The van der Waals surface area contributed by atoms with Crippen LogP contribution in [0.3, 0.4) is 0 Å². The summed E-state index contributed by atoms with van der Waals surface area (Å²) in [6.45, 7) is 1.11. The number of halogens is 3. The third-order valence-electron chi connectivity index (χ3n) is 1.57. The Morgan fingerprint density at radius 1 is 1.40 bits per heavy atom. The van der Waals surface area contributed by atoms with Crippen LogP contribution in [0.1, 0.15) is 17.3 Å². The van der Waals surface area contributed by atoms with E-state index < -0.39 is 23.6 Å². The molecule has 15 heavy (non-hydrogen) atoms. The Labute approximate surface area is 83.1 Å². The van der Waals surface area contributed by atoms with Crippen LogP contribution in [0, 0.1) is 0 Å². The van der Waals surface area contributed by atoms with E-state index in [-0.39, 0.29) is 5.56 Å². The number of Topliss-reactive ketones (excluding diaryl/α,β-unsaturated/α-hetero) is 1. The molecule has 1 aromatic rings. The third kappa shape index (κ3) is 3.16. The van der Waals surface area contributed by atoms with Crippen LogP contribution in [0.5, 0.6) is 11.5 Å². The van der Waals surface area contributed by atoms with Crippen LogP contribution >= 0.6 is 0 Å². The second-order valence-electron chi connectivity index (χ2n) is 2.78. The van der Waals surface area contributed by atoms with Crippen molar-refractivity contribution in [3.05, 3.63) is 23.8 Å². The molecule has 0 spiro atoms. The summed E-state index contributed by atoms with van der Waals surface area (Å²) in [6, 6.07) is 2.92. The van der Waals surface area contributed by atoms with Crippen molar-refractivity contribution in [2.45, 2.75) is 13.3 Å². The highest BCUT2D eigenvalue weighted by atomic mass is 19.4. The molecule has 0 bridgehead atoms. The van der Waals surface area contributed by atoms with E-state index in [1.807, 2.05) is 0 Å². The molecule has 6 heteroatoms. The van der Waals surface area contributed by atoms with Crippen molar-refractivity contribution in [3.8, 4) is 11.5 Å². The lowest BCUT2D eigenvalue weighted by atomic mass is 10.1. The van der Waals surface area contributed by atoms with Gasteiger partial charge in [0.2, 0.25) is 0 Å². The van der Waals surface area contributed by atoms with Gasteiger partial charge in [0.15, 0.2) is 5.78 Å². The molecule has 0 fully saturated rings. The zero-order valence-electron chi connectivity index (χ0n) is 7.63. The summed E-state index contributed by atoms with van der Waals surface area (Å²) in [5, 5.41) is 8.96. The van der Waals surface area contributed by atoms with Crippen LogP contribution in [-0.4, -0.2) is 17.3 Å². The van der Waals surface area contributed by atoms with Gasteiger partial charge in [0.05, 0.1) is 5.56 Å². The first kappa shape index (κ1) is 11.4. The fourth-order valence-electron chi connectivity index (χ4n) is 1.01. The molecule has 0 radical (unpaired) electrons. The predicted molar refractivity (Wildman–Crippen MR) is 44.8 cm³/mol. The Morgan fingerprint density at radius 2 is 2.00 bits per heavy atom. The van der Waals surface area contributed by atoms with Crippen molar-refractivity contribution >= 4 is 5.78 Å². The fraction of sp³-hybridized carbons (Fsp3) is 0.222. The maximum absolute atomic E-state index is 11.9. The predicted octanol–water partition coefficient (Wildman–Crippen LogP) is 2.49. The minimum Gasteiger partial charge on any atom is -0.508 e. The van der Waals surface area contributed by atoms with E-state index in [4.69, 9.17) is 5.11 Å². The second kappa shape index (κ2) is 3.80. The smallest absolute Gasteiger partial charge is 0.508 e. The average molecular weight is 220 g/mol. The lowest BCUT2D eigenvalue weighted by molar-refractivity contribution is -0.274. The summed E-state index contributed by atoms with van der Waals surface area (Å²) in [7, 11) is 0. The molecule has 82 valence electrons. The van der Waals surface area contributed by atoms with Gasteiger partial charge in [0.25, 0.3) is 0 Å². The van der Waals surface area contributed by atoms with Gasteiger partial charge >= 0.3 is 6.36 Å². The number of alkyl halides is 3. The van der Waals surface area contributed by atoms with Crippen LogP contribution in [0.2, 0.25) is 0 Å². The maximum Gasteiger partial charge on any atom is 0.573 e. The van der Waals surface area contributed by atoms with E-state index in [0.29, 0.717) is 0 Å². The summed E-state index contributed by atoms with van der Waals surface area (Å²) in [4.78, 5) is 10.9. The van der Waals surface area contributed by atoms with Gasteiger partial charge in [-0.05, 0) is 19.1 Å². The molecule has 1 N–H and O–H groups in total. The van der Waals surface area contributed by atoms with E-state index >= 15 is 0 Å². The molecule has 3 nitrogen and oxygen atoms in total. The third-order valence-corrected chi connectivity index (χ3v) is 1.57. The summed E-state index contributed by atoms with van der Waals surface area (Å²) in [5.41, 5.74) is -0.231. The van der Waals surface area contributed by atoms with Gasteiger partial charge in [-0.1, -0.05) is 0 Å². The van der Waals surface area contributed by atoms with Gasteiger partial charge in [0, 0.05) is 6.07 Å². The molecule has 0 aliphatic heterocycles. The molecule has 0 saturated carbocycles. The first-order chi connectivity index (χ1) is 6.79. The summed E-state index contributed by atoms with van der Waals surface area (Å²) >= 11 is 0. The number of carbonyl (C=O) groups is 1. The molecule has 0 amide bonds. The van der Waals surface area contributed by atoms with Crippen molar-refractivity contribution < 1.29 is 27.8 Å². The zero-order chi connectivity index (χ0) is 11.6. The first-order valence-electron chi connectivity index (χ1n) is 3.89. The van der Waals surface area contributed by atoms with Gasteiger partial charge in [-0.3, -0.25) is 4.79 Å². The number of ketones is 1. The Hall–Kier alpha value is -1.72. The lowest BCUT2D eigenvalue weighted by Crippen LogP contribution is -2.18. The van der Waals surface area contributed by atoms with Gasteiger partial charge < -0.3 is 9.84 Å². The normalized spacial score (nSPS) is 11.2. The van der Waals surface area contributed by atoms with Gasteiger partial charge in [-0.25, -0.2) is 0 Å². The monoisotopic (exact) mass is 220 g/mol. The average Bonchev–Trinajstić information content (AvgIpc) is 1.99. The van der Waals surface area contributed by atoms with Gasteiger partial charge in [-0.2, -0.15) is 0 Å². The molecule has 0 heterocycles. The Kier molecular flexibility index (Phi) is 2.88. The molecule has 1 aromatic carbocycles. The van der Waals surface area contributed by atoms with E-state index in [2.05, 4.69) is 4.74 Å². The van der Waals surface area contributed by atoms with E-state index in [1.54, 1.807) is 0 Å². The number of hydrogen-bond donors (Lipinski definition) is 1. The molecular formula is C9H7F3O3. The van der Waals surface area contributed by atoms with Crippen LogP contribution in [-0.2, 0) is 0 Å². The number of ether oxygens (including phenoxy) is 1. The Balaban J connectivity index is 3.13. The maximum atomic E-state index is 11.9. The van der Waals surface area contributed by atoms with E-state index in [0.717, 1.165) is 25.1 Å². The van der Waals surface area contributed by atoms with Crippen molar-refractivity contribution in [1.29, 1.82) is 0 Å². The molecule has 0 atom stereocenters. The Bertz CT molecular complexity index is 385. The molecule has 1 rings (SSSR count). The molecular weight excluding hydrogens is 213 g/mol. The van der Waals surface area contributed by atoms with Crippen LogP contribution in [0.25, 0.3) is 0 Å². The number of rotatable bonds is 2. The number of hydrogen-bond acceptors (Lipinski definition) is 3. The number of carbonyl (C=O) groups excluding carboxylic acids is 1. The quantitative estimate of drug-likeness (QED) is 0.779. The minimum atomic E-state index is -4.89. The minimum absolute atomic E-state index is 0.231. The summed E-state index contributed by atoms with van der Waals surface area (Å²) in [6.07, 6.45) is -4.89. The zero-order valence-corrected chi connectivity index (χ0v) is 7.63. The lowest BCUT2D eigenvalue weighted by Gasteiger charge is -2.11. The van der Waals surface area contributed by atoms with Crippen molar-refractivity contribution in [3.63, 3.8) is 0 Å². The summed E-state index contributed by atoms with van der Waals surface area (Å²) < 4.78 is 39.3. The van der Waals surface area contributed by atoms with Crippen molar-refractivity contribution in [2.75, 3.05) is 0 Å². The number of phenols is 1. The SMILES string of the molecule is CC(=O)c1ccc(O)cc1OC(F)(F)F. The molecule has 0 saturated heterocycles. The number of aromatic hydroxyl groups is 1. The van der Waals surface area contributed by atoms with Gasteiger partial charge in [0.1, 0.15) is 11.5 Å². The highest BCUT2D eigenvalue weighted by Gasteiger charge is 2.32. The van der Waals surface area contributed by atoms with E-state index in [1.165, 1.54) is 0 Å². The van der Waals surface area contributed by atoms with E-state index in [9.17, 15) is 18.0 Å². The standard InChI is InChI=1S/C9H7F3O3/c1-5(13)7-3-2-6(14)4-8(7)15-9(10,11)12/h2-4,14H,1H3. The highest BCUT2D eigenvalue weighted by Crippen LogP contribution is 2.29. The van der Waals surface area contributed by atoms with Crippen molar-refractivity contribution in [1.82, 2.24) is 0 Å². The van der Waals surface area contributed by atoms with Crippen LogP contribution < -0.4 is 4.74 Å². The second-order valence-corrected chi connectivity index (χ2v) is 2.78. The largest absolute Gasteiger partial charge is 0.573 e. The highest BCUT2D eigenvalue weighted by molar-refractivity contribution is 5.97. The molecule has 0 aliphatic rings. The van der Waals surface area contributed by atoms with Crippen LogP contribution in [0.15, 0.2) is 18.2 Å². The topological polar surface area (TPSA) is 46.5 Å². The first-order valence-corrected chi connectivity index (χ1v) is 3.89. The summed E-state index contributed by atoms with van der Waals surface area (Å²) in [5.74, 6) is -1.68. The van der Waals surface area contributed by atoms with Crippen molar-refractivity contribution in [2.24, 2.45) is 0 Å². The molecule has 0 aromatic heterocycles. The Morgan fingerprint density at radius 3 is 2.47 bits per heavy atom. The molecule has 0 aliphatic carbocycles. The van der Waals surface area contributed by atoms with Gasteiger partial charge in [-0.15, -0.1) is 13.2 Å². The number of phenolic OH excluding ortho intramolecular Hbond substituents is 1. The fourth-order valence-corrected chi connectivity index (χ4v) is 1.01. The molecule has 0 unspecified atom stereocenters. The van der Waals surface area contributed by atoms with Crippen LogP contribution in [0.4, 0.5) is 13.2 Å².